The molecule has 0 radical (unpaired) electrons. The number of amides is 1. The van der Waals surface area contributed by atoms with Gasteiger partial charge >= 0.3 is 0 Å². The Hall–Kier alpha value is -3.55. The Morgan fingerprint density at radius 1 is 1.17 bits per heavy atom. The van der Waals surface area contributed by atoms with Crippen molar-refractivity contribution in [2.45, 2.75) is 0 Å². The lowest BCUT2D eigenvalue weighted by Gasteiger charge is -1.95. The number of carbonyl (C=O) groups is 1. The van der Waals surface area contributed by atoms with Crippen LogP contribution in [0.15, 0.2) is 58.8 Å². The van der Waals surface area contributed by atoms with E-state index < -0.39 is 10.8 Å². The van der Waals surface area contributed by atoms with Crippen molar-refractivity contribution in [1.82, 2.24) is 4.98 Å². The van der Waals surface area contributed by atoms with E-state index in [1.165, 1.54) is 18.2 Å². The van der Waals surface area contributed by atoms with E-state index in [9.17, 15) is 20.0 Å². The summed E-state index contributed by atoms with van der Waals surface area (Å²) in [6, 6.07) is 12.2. The van der Waals surface area contributed by atoms with E-state index in [1.54, 1.807) is 24.3 Å². The molecule has 1 heterocycles. The van der Waals surface area contributed by atoms with Crippen molar-refractivity contribution in [2.24, 2.45) is 10.2 Å². The molecule has 0 aliphatic rings. The maximum Gasteiger partial charge on any atom is 0.295 e. The van der Waals surface area contributed by atoms with Gasteiger partial charge in [-0.3, -0.25) is 14.9 Å². The third kappa shape index (κ3) is 2.77. The molecule has 0 saturated heterocycles. The van der Waals surface area contributed by atoms with Crippen LogP contribution in [0.5, 0.6) is 5.88 Å². The summed E-state index contributed by atoms with van der Waals surface area (Å²) in [5.74, 6) is -0.944. The lowest BCUT2D eigenvalue weighted by molar-refractivity contribution is -0.384. The van der Waals surface area contributed by atoms with Crippen LogP contribution in [0.1, 0.15) is 10.4 Å². The molecule has 1 amide bonds. The minimum Gasteiger partial charge on any atom is -0.493 e. The zero-order valence-corrected chi connectivity index (χ0v) is 11.6. The fourth-order valence-corrected chi connectivity index (χ4v) is 2.12. The van der Waals surface area contributed by atoms with Crippen LogP contribution in [0.2, 0.25) is 0 Å². The van der Waals surface area contributed by atoms with Crippen molar-refractivity contribution in [3.63, 3.8) is 0 Å². The number of non-ortho nitro benzene ring substituents is 1. The van der Waals surface area contributed by atoms with Crippen LogP contribution in [-0.2, 0) is 0 Å². The van der Waals surface area contributed by atoms with Crippen molar-refractivity contribution in [3.8, 4) is 5.88 Å². The molecule has 0 atom stereocenters. The summed E-state index contributed by atoms with van der Waals surface area (Å²) in [6.07, 6.45) is 0. The molecule has 114 valence electrons. The number of carbonyl (C=O) groups excluding carboxylic acids is 1. The molecule has 0 unspecified atom stereocenters. The molecule has 2 N–H and O–H groups in total. The third-order valence-electron chi connectivity index (χ3n) is 3.20. The highest BCUT2D eigenvalue weighted by atomic mass is 16.6. The smallest absolute Gasteiger partial charge is 0.295 e. The molecule has 8 nitrogen and oxygen atoms in total. The lowest BCUT2D eigenvalue weighted by Crippen LogP contribution is -1.95. The molecule has 2 aromatic carbocycles. The summed E-state index contributed by atoms with van der Waals surface area (Å²) in [5.41, 5.74) is 0.629. The van der Waals surface area contributed by atoms with Gasteiger partial charge in [0, 0.05) is 17.5 Å². The van der Waals surface area contributed by atoms with Gasteiger partial charge in [-0.15, -0.1) is 10.2 Å². The molecular weight excluding hydrogens is 300 g/mol. The number of nitrogens with one attached hydrogen (secondary N) is 1. The Bertz CT molecular complexity index is 946. The van der Waals surface area contributed by atoms with Crippen LogP contribution in [0.25, 0.3) is 10.9 Å². The molecule has 0 aliphatic heterocycles. The minimum absolute atomic E-state index is 0.0438. The zero-order chi connectivity index (χ0) is 16.4. The summed E-state index contributed by atoms with van der Waals surface area (Å²) in [7, 11) is 0. The average Bonchev–Trinajstić information content (AvgIpc) is 2.88. The van der Waals surface area contributed by atoms with Crippen LogP contribution in [0, 0.1) is 10.1 Å². The Balaban J connectivity index is 1.93. The number of nitrogens with zero attached hydrogens (tertiary/aromatic N) is 3. The van der Waals surface area contributed by atoms with E-state index in [-0.39, 0.29) is 22.8 Å². The number of nitro groups is 1. The molecular formula is C15H10N4O4. The summed E-state index contributed by atoms with van der Waals surface area (Å²) in [6.45, 7) is 0. The van der Waals surface area contributed by atoms with Crippen molar-refractivity contribution in [2.75, 3.05) is 0 Å². The number of fused-ring (bicyclic) bond motifs is 1. The maximum absolute atomic E-state index is 12.0. The minimum atomic E-state index is -0.738. The third-order valence-corrected chi connectivity index (χ3v) is 3.20. The van der Waals surface area contributed by atoms with Gasteiger partial charge in [0.1, 0.15) is 0 Å². The average molecular weight is 310 g/mol. The standard InChI is InChI=1S/C15H10N4O4/c20-14(9-4-3-5-10(8-9)19(22)23)18-17-13-11-6-1-2-7-12(11)16-15(13)21/h1-8,16,21H. The van der Waals surface area contributed by atoms with Gasteiger partial charge in [-0.2, -0.15) is 0 Å². The number of aromatic hydroxyl groups is 1. The zero-order valence-electron chi connectivity index (χ0n) is 11.6. The molecule has 8 heteroatoms. The molecule has 23 heavy (non-hydrogen) atoms. The fraction of sp³-hybridized carbons (Fsp3) is 0. The van der Waals surface area contributed by atoms with E-state index in [2.05, 4.69) is 15.2 Å². The predicted molar refractivity (Wildman–Crippen MR) is 81.9 cm³/mol. The molecule has 0 aliphatic carbocycles. The normalized spacial score (nSPS) is 11.1. The number of azo groups is 1. The van der Waals surface area contributed by atoms with Crippen molar-refractivity contribution >= 4 is 28.2 Å². The van der Waals surface area contributed by atoms with E-state index in [4.69, 9.17) is 0 Å². The van der Waals surface area contributed by atoms with Gasteiger partial charge in [0.2, 0.25) is 5.88 Å². The Morgan fingerprint density at radius 3 is 2.74 bits per heavy atom. The van der Waals surface area contributed by atoms with Gasteiger partial charge in [-0.25, -0.2) is 0 Å². The van der Waals surface area contributed by atoms with Crippen LogP contribution in [0.4, 0.5) is 11.4 Å². The molecule has 0 saturated carbocycles. The lowest BCUT2D eigenvalue weighted by atomic mass is 10.2. The molecule has 3 rings (SSSR count). The van der Waals surface area contributed by atoms with Gasteiger partial charge in [0.05, 0.1) is 16.0 Å². The van der Waals surface area contributed by atoms with Gasteiger partial charge in [-0.05, 0) is 12.1 Å². The number of H-pyrrole nitrogens is 1. The quantitative estimate of drug-likeness (QED) is 0.435. The van der Waals surface area contributed by atoms with Crippen molar-refractivity contribution in [3.05, 3.63) is 64.2 Å². The van der Waals surface area contributed by atoms with Crippen molar-refractivity contribution in [1.29, 1.82) is 0 Å². The highest BCUT2D eigenvalue weighted by molar-refractivity contribution is 5.97. The van der Waals surface area contributed by atoms with E-state index in [0.717, 1.165) is 6.07 Å². The number of benzene rings is 2. The second kappa shape index (κ2) is 5.68. The SMILES string of the molecule is O=C(N=Nc1c(O)[nH]c2ccccc12)c1cccc([N+](=O)[O-])c1. The molecule has 1 aromatic heterocycles. The Kier molecular flexibility index (Phi) is 3.55. The second-order valence-electron chi connectivity index (χ2n) is 4.68. The largest absolute Gasteiger partial charge is 0.493 e. The number of aromatic nitrogens is 1. The van der Waals surface area contributed by atoms with Crippen LogP contribution in [-0.4, -0.2) is 20.9 Å². The van der Waals surface area contributed by atoms with Crippen molar-refractivity contribution < 1.29 is 14.8 Å². The predicted octanol–water partition coefficient (Wildman–Crippen LogP) is 3.71. The first-order valence-corrected chi connectivity index (χ1v) is 6.56. The second-order valence-corrected chi connectivity index (χ2v) is 4.68. The number of hydrogen-bond acceptors (Lipinski definition) is 5. The molecule has 0 fully saturated rings. The molecule has 0 bridgehead atoms. The van der Waals surface area contributed by atoms with E-state index >= 15 is 0 Å². The highest BCUT2D eigenvalue weighted by Gasteiger charge is 2.13. The summed E-state index contributed by atoms with van der Waals surface area (Å²) < 4.78 is 0. The number of nitro benzene ring substituents is 1. The van der Waals surface area contributed by atoms with Gasteiger partial charge < -0.3 is 10.1 Å². The van der Waals surface area contributed by atoms with E-state index in [0.29, 0.717) is 10.9 Å². The first kappa shape index (κ1) is 14.4. The summed E-state index contributed by atoms with van der Waals surface area (Å²) in [5, 5.41) is 28.5. The molecule has 3 aromatic rings. The first-order chi connectivity index (χ1) is 11.1. The summed E-state index contributed by atoms with van der Waals surface area (Å²) >= 11 is 0. The monoisotopic (exact) mass is 310 g/mol. The maximum atomic E-state index is 12.0. The van der Waals surface area contributed by atoms with Gasteiger partial charge in [0.15, 0.2) is 5.69 Å². The topological polar surface area (TPSA) is 121 Å². The van der Waals surface area contributed by atoms with Gasteiger partial charge in [0.25, 0.3) is 11.6 Å². The van der Waals surface area contributed by atoms with Gasteiger partial charge in [-0.1, -0.05) is 24.3 Å². The Morgan fingerprint density at radius 2 is 1.96 bits per heavy atom. The first-order valence-electron chi connectivity index (χ1n) is 6.56. The van der Waals surface area contributed by atoms with E-state index in [1.807, 2.05) is 0 Å². The Labute approximate surface area is 129 Å². The molecule has 0 spiro atoms. The fourth-order valence-electron chi connectivity index (χ4n) is 2.12. The number of para-hydroxylation sites is 1. The van der Waals surface area contributed by atoms with Crippen LogP contribution < -0.4 is 0 Å². The van der Waals surface area contributed by atoms with Crippen LogP contribution in [0.3, 0.4) is 0 Å². The van der Waals surface area contributed by atoms with Crippen LogP contribution >= 0.6 is 0 Å². The summed E-state index contributed by atoms with van der Waals surface area (Å²) in [4.78, 5) is 24.8. The number of rotatable bonds is 3. The highest BCUT2D eigenvalue weighted by Crippen LogP contribution is 2.35. The number of aromatic amines is 1. The number of hydrogen-bond donors (Lipinski definition) is 2.